The van der Waals surface area contributed by atoms with Crippen LogP contribution in [0.5, 0.6) is 0 Å². The quantitative estimate of drug-likeness (QED) is 0.433. The zero-order chi connectivity index (χ0) is 15.3. The van der Waals surface area contributed by atoms with E-state index >= 15 is 0 Å². The summed E-state index contributed by atoms with van der Waals surface area (Å²) in [6.07, 6.45) is 3.70. The molecule has 0 aromatic carbocycles. The minimum absolute atomic E-state index is 0.115. The molecule has 0 aromatic rings. The fraction of sp³-hybridized carbons (Fsp3) is 0.857. The standard InChI is InChI=1S/C14H28N4O3/c19-13(20)5-3-1-2-4-6-16-14(21)17-9-12-18-10-7-15-8-11-18/h15H,1-12H2,(H,19,20)(H2,16,17,21). The Morgan fingerprint density at radius 2 is 1.67 bits per heavy atom. The molecule has 1 saturated heterocycles. The van der Waals surface area contributed by atoms with Crippen molar-refractivity contribution in [2.24, 2.45) is 0 Å². The Kier molecular flexibility index (Phi) is 9.56. The molecule has 7 nitrogen and oxygen atoms in total. The van der Waals surface area contributed by atoms with Crippen LogP contribution in [0.25, 0.3) is 0 Å². The van der Waals surface area contributed by atoms with E-state index in [0.29, 0.717) is 19.5 Å². The van der Waals surface area contributed by atoms with Crippen LogP contribution in [0, 0.1) is 0 Å². The Morgan fingerprint density at radius 1 is 1.00 bits per heavy atom. The molecule has 4 N–H and O–H groups in total. The molecular weight excluding hydrogens is 272 g/mol. The highest BCUT2D eigenvalue weighted by atomic mass is 16.4. The molecule has 0 aliphatic carbocycles. The molecular formula is C14H28N4O3. The molecule has 1 aliphatic rings. The number of rotatable bonds is 10. The highest BCUT2D eigenvalue weighted by Crippen LogP contribution is 2.01. The van der Waals surface area contributed by atoms with Crippen LogP contribution in [0.15, 0.2) is 0 Å². The molecule has 0 atom stereocenters. The minimum atomic E-state index is -0.739. The smallest absolute Gasteiger partial charge is 0.314 e. The van der Waals surface area contributed by atoms with E-state index in [-0.39, 0.29) is 12.5 Å². The van der Waals surface area contributed by atoms with Gasteiger partial charge in [0.1, 0.15) is 0 Å². The number of carboxylic acids is 1. The van der Waals surface area contributed by atoms with Gasteiger partial charge in [-0.2, -0.15) is 0 Å². The summed E-state index contributed by atoms with van der Waals surface area (Å²) in [7, 11) is 0. The summed E-state index contributed by atoms with van der Waals surface area (Å²) < 4.78 is 0. The van der Waals surface area contributed by atoms with Crippen molar-refractivity contribution >= 4 is 12.0 Å². The SMILES string of the molecule is O=C(O)CCCCCCNC(=O)NCCN1CCNCC1. The Balaban J connectivity index is 1.86. The minimum Gasteiger partial charge on any atom is -0.481 e. The molecule has 0 bridgehead atoms. The number of nitrogens with zero attached hydrogens (tertiary/aromatic N) is 1. The highest BCUT2D eigenvalue weighted by molar-refractivity contribution is 5.73. The van der Waals surface area contributed by atoms with E-state index in [2.05, 4.69) is 20.9 Å². The molecule has 1 aliphatic heterocycles. The molecule has 0 saturated carbocycles. The molecule has 0 unspecified atom stereocenters. The van der Waals surface area contributed by atoms with Crippen LogP contribution in [-0.2, 0) is 4.79 Å². The Bertz CT molecular complexity index is 307. The lowest BCUT2D eigenvalue weighted by Crippen LogP contribution is -2.47. The summed E-state index contributed by atoms with van der Waals surface area (Å²) in [6.45, 7) is 6.34. The first-order valence-corrected chi connectivity index (χ1v) is 7.85. The van der Waals surface area contributed by atoms with Crippen LogP contribution in [0.3, 0.4) is 0 Å². The second-order valence-corrected chi connectivity index (χ2v) is 5.33. The van der Waals surface area contributed by atoms with Gasteiger partial charge in [-0.05, 0) is 12.8 Å². The normalized spacial score (nSPS) is 15.6. The van der Waals surface area contributed by atoms with Crippen LogP contribution in [0.1, 0.15) is 32.1 Å². The molecule has 122 valence electrons. The third-order valence-corrected chi connectivity index (χ3v) is 3.53. The number of carbonyl (C=O) groups excluding carboxylic acids is 1. The van der Waals surface area contributed by atoms with E-state index in [0.717, 1.165) is 52.0 Å². The first-order chi connectivity index (χ1) is 10.2. The lowest BCUT2D eigenvalue weighted by molar-refractivity contribution is -0.137. The van der Waals surface area contributed by atoms with Gasteiger partial charge in [-0.3, -0.25) is 9.69 Å². The van der Waals surface area contributed by atoms with E-state index in [9.17, 15) is 9.59 Å². The summed E-state index contributed by atoms with van der Waals surface area (Å²) in [5, 5.41) is 17.5. The Labute approximate surface area is 126 Å². The van der Waals surface area contributed by atoms with Crippen LogP contribution in [0.4, 0.5) is 4.79 Å². The lowest BCUT2D eigenvalue weighted by atomic mass is 10.1. The fourth-order valence-corrected chi connectivity index (χ4v) is 2.28. The molecule has 1 heterocycles. The zero-order valence-electron chi connectivity index (χ0n) is 12.7. The predicted octanol–water partition coefficient (Wildman–Crippen LogP) is 0.226. The van der Waals surface area contributed by atoms with Gasteiger partial charge >= 0.3 is 12.0 Å². The van der Waals surface area contributed by atoms with Gasteiger partial charge in [0.2, 0.25) is 0 Å². The monoisotopic (exact) mass is 300 g/mol. The van der Waals surface area contributed by atoms with Crippen LogP contribution >= 0.6 is 0 Å². The van der Waals surface area contributed by atoms with E-state index in [4.69, 9.17) is 5.11 Å². The predicted molar refractivity (Wildman–Crippen MR) is 81.4 cm³/mol. The van der Waals surface area contributed by atoms with Gasteiger partial charge in [0, 0.05) is 52.2 Å². The summed E-state index contributed by atoms with van der Waals surface area (Å²) in [5.74, 6) is -0.739. The summed E-state index contributed by atoms with van der Waals surface area (Å²) >= 11 is 0. The largest absolute Gasteiger partial charge is 0.481 e. The topological polar surface area (TPSA) is 93.7 Å². The van der Waals surface area contributed by atoms with Gasteiger partial charge in [-0.25, -0.2) is 4.79 Å². The van der Waals surface area contributed by atoms with Crippen LogP contribution in [-0.4, -0.2) is 67.8 Å². The van der Waals surface area contributed by atoms with Crippen molar-refractivity contribution in [2.45, 2.75) is 32.1 Å². The van der Waals surface area contributed by atoms with E-state index in [1.165, 1.54) is 0 Å². The van der Waals surface area contributed by atoms with Crippen molar-refractivity contribution in [3.8, 4) is 0 Å². The average Bonchev–Trinajstić information content (AvgIpc) is 2.47. The number of unbranched alkanes of at least 4 members (excludes halogenated alkanes) is 3. The summed E-state index contributed by atoms with van der Waals surface area (Å²) in [6, 6.07) is -0.115. The Hall–Kier alpha value is -1.34. The number of aliphatic carboxylic acids is 1. The lowest BCUT2D eigenvalue weighted by Gasteiger charge is -2.27. The number of amides is 2. The van der Waals surface area contributed by atoms with E-state index in [1.54, 1.807) is 0 Å². The molecule has 0 aromatic heterocycles. The number of carbonyl (C=O) groups is 2. The second-order valence-electron chi connectivity index (χ2n) is 5.33. The molecule has 21 heavy (non-hydrogen) atoms. The number of carboxylic acid groups (broad SMARTS) is 1. The summed E-state index contributed by atoms with van der Waals surface area (Å²) in [5.41, 5.74) is 0. The maximum Gasteiger partial charge on any atom is 0.314 e. The van der Waals surface area contributed by atoms with Gasteiger partial charge in [0.15, 0.2) is 0 Å². The first-order valence-electron chi connectivity index (χ1n) is 7.85. The van der Waals surface area contributed by atoms with Crippen LogP contribution < -0.4 is 16.0 Å². The molecule has 0 radical (unpaired) electrons. The van der Waals surface area contributed by atoms with Crippen molar-refractivity contribution in [1.29, 1.82) is 0 Å². The third-order valence-electron chi connectivity index (χ3n) is 3.53. The van der Waals surface area contributed by atoms with Gasteiger partial charge in [0.05, 0.1) is 0 Å². The second kappa shape index (κ2) is 11.3. The van der Waals surface area contributed by atoms with Crippen molar-refractivity contribution in [3.05, 3.63) is 0 Å². The fourth-order valence-electron chi connectivity index (χ4n) is 2.28. The first kappa shape index (κ1) is 17.7. The molecule has 2 amide bonds. The van der Waals surface area contributed by atoms with Crippen LogP contribution in [0.2, 0.25) is 0 Å². The number of piperazine rings is 1. The summed E-state index contributed by atoms with van der Waals surface area (Å²) in [4.78, 5) is 24.2. The zero-order valence-corrected chi connectivity index (χ0v) is 12.7. The number of hydrogen-bond acceptors (Lipinski definition) is 4. The molecule has 1 fully saturated rings. The molecule has 1 rings (SSSR count). The molecule has 0 spiro atoms. The highest BCUT2D eigenvalue weighted by Gasteiger charge is 2.08. The number of nitrogens with one attached hydrogen (secondary N) is 3. The van der Waals surface area contributed by atoms with Crippen molar-refractivity contribution in [3.63, 3.8) is 0 Å². The average molecular weight is 300 g/mol. The van der Waals surface area contributed by atoms with Crippen molar-refractivity contribution in [1.82, 2.24) is 20.9 Å². The molecule has 7 heteroatoms. The third kappa shape index (κ3) is 10.1. The van der Waals surface area contributed by atoms with E-state index < -0.39 is 5.97 Å². The van der Waals surface area contributed by atoms with Gasteiger partial charge < -0.3 is 21.1 Å². The maximum atomic E-state index is 11.5. The van der Waals surface area contributed by atoms with Gasteiger partial charge in [-0.15, -0.1) is 0 Å². The van der Waals surface area contributed by atoms with Crippen molar-refractivity contribution in [2.75, 3.05) is 45.8 Å². The number of hydrogen-bond donors (Lipinski definition) is 4. The van der Waals surface area contributed by atoms with Gasteiger partial charge in [0.25, 0.3) is 0 Å². The van der Waals surface area contributed by atoms with Crippen molar-refractivity contribution < 1.29 is 14.7 Å². The Morgan fingerprint density at radius 3 is 2.38 bits per heavy atom. The van der Waals surface area contributed by atoms with Gasteiger partial charge in [-0.1, -0.05) is 12.8 Å². The van der Waals surface area contributed by atoms with E-state index in [1.807, 2.05) is 0 Å². The number of urea groups is 1. The maximum absolute atomic E-state index is 11.5.